The number of thiophene rings is 1. The van der Waals surface area contributed by atoms with Crippen molar-refractivity contribution in [2.75, 3.05) is 20.7 Å². The van der Waals surface area contributed by atoms with Crippen molar-refractivity contribution in [1.82, 2.24) is 5.32 Å². The predicted molar refractivity (Wildman–Crippen MR) is 87.1 cm³/mol. The van der Waals surface area contributed by atoms with Gasteiger partial charge in [0.15, 0.2) is 0 Å². The van der Waals surface area contributed by atoms with E-state index < -0.39 is 0 Å². The molecule has 0 aliphatic heterocycles. The Bertz CT molecular complexity index is 541. The molecule has 2 nitrogen and oxygen atoms in total. The smallest absolute Gasteiger partial charge is 0.122 e. The van der Waals surface area contributed by atoms with E-state index in [2.05, 4.69) is 23.5 Å². The molecule has 108 valence electrons. The first kappa shape index (κ1) is 15.4. The van der Waals surface area contributed by atoms with Crippen molar-refractivity contribution in [1.29, 1.82) is 0 Å². The first-order chi connectivity index (χ1) is 9.72. The third kappa shape index (κ3) is 4.23. The molecule has 0 radical (unpaired) electrons. The van der Waals surface area contributed by atoms with Gasteiger partial charge in [0, 0.05) is 4.88 Å². The van der Waals surface area contributed by atoms with Gasteiger partial charge in [0.2, 0.25) is 0 Å². The quantitative estimate of drug-likeness (QED) is 0.833. The van der Waals surface area contributed by atoms with Gasteiger partial charge in [-0.15, -0.1) is 11.3 Å². The summed E-state index contributed by atoms with van der Waals surface area (Å²) in [7, 11) is 3.72. The number of hydrogen-bond donors (Lipinski definition) is 1. The van der Waals surface area contributed by atoms with Gasteiger partial charge in [-0.05, 0) is 56.1 Å². The Labute approximate surface area is 129 Å². The Kier molecular flexibility index (Phi) is 5.89. The van der Waals surface area contributed by atoms with Gasteiger partial charge in [-0.25, -0.2) is 0 Å². The maximum atomic E-state index is 6.01. The van der Waals surface area contributed by atoms with Crippen LogP contribution in [0.5, 0.6) is 5.75 Å². The molecule has 2 aromatic rings. The molecule has 1 atom stereocenters. The molecule has 20 heavy (non-hydrogen) atoms. The monoisotopic (exact) mass is 309 g/mol. The molecule has 0 saturated carbocycles. The molecule has 0 aliphatic carbocycles. The van der Waals surface area contributed by atoms with E-state index in [1.165, 1.54) is 10.4 Å². The van der Waals surface area contributed by atoms with Gasteiger partial charge >= 0.3 is 0 Å². The molecule has 0 bridgehead atoms. The number of hydrogen-bond acceptors (Lipinski definition) is 3. The van der Waals surface area contributed by atoms with Crippen LogP contribution in [0.1, 0.15) is 10.4 Å². The number of rotatable bonds is 7. The summed E-state index contributed by atoms with van der Waals surface area (Å²) in [5.74, 6) is 1.50. The second-order valence-corrected chi connectivity index (χ2v) is 6.65. The van der Waals surface area contributed by atoms with Gasteiger partial charge in [0.25, 0.3) is 0 Å². The molecule has 2 rings (SSSR count). The minimum absolute atomic E-state index is 0.533. The van der Waals surface area contributed by atoms with Crippen molar-refractivity contribution < 1.29 is 4.74 Å². The van der Waals surface area contributed by atoms with Gasteiger partial charge in [0.1, 0.15) is 5.75 Å². The van der Waals surface area contributed by atoms with E-state index in [0.717, 1.165) is 29.5 Å². The van der Waals surface area contributed by atoms with Crippen LogP contribution in [0.3, 0.4) is 0 Å². The number of ether oxygens (including phenoxy) is 1. The van der Waals surface area contributed by atoms with E-state index in [0.29, 0.717) is 5.92 Å². The zero-order valence-corrected chi connectivity index (χ0v) is 13.4. The molecule has 0 fully saturated rings. The minimum atomic E-state index is 0.533. The molecule has 0 amide bonds. The van der Waals surface area contributed by atoms with E-state index >= 15 is 0 Å². The number of methoxy groups -OCH3 is 1. The minimum Gasteiger partial charge on any atom is -0.496 e. The van der Waals surface area contributed by atoms with Crippen molar-refractivity contribution in [3.8, 4) is 5.75 Å². The Morgan fingerprint density at radius 2 is 2.00 bits per heavy atom. The molecule has 1 aromatic heterocycles. The summed E-state index contributed by atoms with van der Waals surface area (Å²) in [5, 5.41) is 3.28. The van der Waals surface area contributed by atoms with Crippen molar-refractivity contribution in [2.45, 2.75) is 12.8 Å². The van der Waals surface area contributed by atoms with Gasteiger partial charge < -0.3 is 10.1 Å². The van der Waals surface area contributed by atoms with Crippen molar-refractivity contribution in [3.05, 3.63) is 51.2 Å². The molecule has 4 heteroatoms. The molecule has 0 aliphatic rings. The largest absolute Gasteiger partial charge is 0.496 e. The average Bonchev–Trinajstić information content (AvgIpc) is 2.85. The second-order valence-electron chi connectivity index (χ2n) is 4.85. The lowest BCUT2D eigenvalue weighted by atomic mass is 9.95. The van der Waals surface area contributed by atoms with Crippen molar-refractivity contribution >= 4 is 22.9 Å². The molecule has 0 spiro atoms. The van der Waals surface area contributed by atoms with E-state index in [1.54, 1.807) is 18.4 Å². The summed E-state index contributed by atoms with van der Waals surface area (Å²) in [5.41, 5.74) is 1.26. The van der Waals surface area contributed by atoms with Crippen LogP contribution in [0.25, 0.3) is 0 Å². The van der Waals surface area contributed by atoms with E-state index in [4.69, 9.17) is 16.3 Å². The van der Waals surface area contributed by atoms with E-state index in [9.17, 15) is 0 Å². The lowest BCUT2D eigenvalue weighted by Gasteiger charge is -2.17. The maximum Gasteiger partial charge on any atom is 0.122 e. The zero-order valence-electron chi connectivity index (χ0n) is 11.9. The molecular formula is C16H20ClNOS. The van der Waals surface area contributed by atoms with Crippen LogP contribution in [0.4, 0.5) is 0 Å². The molecule has 1 aromatic carbocycles. The fourth-order valence-corrected chi connectivity index (χ4v) is 3.64. The van der Waals surface area contributed by atoms with Gasteiger partial charge in [-0.3, -0.25) is 0 Å². The van der Waals surface area contributed by atoms with Crippen LogP contribution in [0, 0.1) is 5.92 Å². The van der Waals surface area contributed by atoms with Crippen molar-refractivity contribution in [2.24, 2.45) is 5.92 Å². The highest BCUT2D eigenvalue weighted by Gasteiger charge is 2.14. The summed E-state index contributed by atoms with van der Waals surface area (Å²) in [6, 6.07) is 12.3. The standard InChI is InChI=1S/C16H20ClNOS/c1-18-11-12(10-14-7-8-16(17)20-14)9-13-5-3-4-6-15(13)19-2/h3-8,12,18H,9-11H2,1-2H3. The first-order valence-electron chi connectivity index (χ1n) is 6.73. The summed E-state index contributed by atoms with van der Waals surface area (Å²) in [6.07, 6.45) is 2.04. The lowest BCUT2D eigenvalue weighted by Crippen LogP contribution is -2.22. The average molecular weight is 310 g/mol. The Hall–Kier alpha value is -1.03. The summed E-state index contributed by atoms with van der Waals surface area (Å²) in [4.78, 5) is 1.34. The van der Waals surface area contributed by atoms with Gasteiger partial charge in [0.05, 0.1) is 11.4 Å². The lowest BCUT2D eigenvalue weighted by molar-refractivity contribution is 0.402. The van der Waals surface area contributed by atoms with Gasteiger partial charge in [-0.1, -0.05) is 29.8 Å². The van der Waals surface area contributed by atoms with E-state index in [-0.39, 0.29) is 0 Å². The number of benzene rings is 1. The fraction of sp³-hybridized carbons (Fsp3) is 0.375. The molecule has 0 saturated heterocycles. The highest BCUT2D eigenvalue weighted by Crippen LogP contribution is 2.27. The number of nitrogens with one attached hydrogen (secondary N) is 1. The van der Waals surface area contributed by atoms with Gasteiger partial charge in [-0.2, -0.15) is 0 Å². The molecule has 1 N–H and O–H groups in total. The Morgan fingerprint density at radius 3 is 2.65 bits per heavy atom. The SMILES string of the molecule is CNCC(Cc1ccc(Cl)s1)Cc1ccccc1OC. The molecular weight excluding hydrogens is 290 g/mol. The molecule has 1 unspecified atom stereocenters. The highest BCUT2D eigenvalue weighted by molar-refractivity contribution is 7.16. The second kappa shape index (κ2) is 7.67. The maximum absolute atomic E-state index is 6.01. The summed E-state index contributed by atoms with van der Waals surface area (Å²) < 4.78 is 6.30. The topological polar surface area (TPSA) is 21.3 Å². The Morgan fingerprint density at radius 1 is 1.20 bits per heavy atom. The van der Waals surface area contributed by atoms with Crippen molar-refractivity contribution in [3.63, 3.8) is 0 Å². The predicted octanol–water partition coefficient (Wildman–Crippen LogP) is 4.03. The third-order valence-corrected chi connectivity index (χ3v) is 4.57. The van der Waals surface area contributed by atoms with Crippen LogP contribution < -0.4 is 10.1 Å². The number of halogens is 1. The van der Waals surface area contributed by atoms with Crippen LogP contribution >= 0.6 is 22.9 Å². The number of para-hydroxylation sites is 1. The molecule has 1 heterocycles. The normalized spacial score (nSPS) is 12.3. The first-order valence-corrected chi connectivity index (χ1v) is 7.93. The summed E-state index contributed by atoms with van der Waals surface area (Å²) in [6.45, 7) is 0.980. The van der Waals surface area contributed by atoms with Crippen LogP contribution in [0.2, 0.25) is 4.34 Å². The Balaban J connectivity index is 2.08. The highest BCUT2D eigenvalue weighted by atomic mass is 35.5. The third-order valence-electron chi connectivity index (χ3n) is 3.31. The van der Waals surface area contributed by atoms with Crippen LogP contribution in [-0.4, -0.2) is 20.7 Å². The summed E-state index contributed by atoms with van der Waals surface area (Å²) >= 11 is 7.68. The van der Waals surface area contributed by atoms with Crippen LogP contribution in [0.15, 0.2) is 36.4 Å². The van der Waals surface area contributed by atoms with E-state index in [1.807, 2.05) is 25.2 Å². The zero-order chi connectivity index (χ0) is 14.4. The van der Waals surface area contributed by atoms with Crippen LogP contribution in [-0.2, 0) is 12.8 Å². The fourth-order valence-electron chi connectivity index (χ4n) is 2.43.